The monoisotopic (exact) mass is 272 g/mol. The van der Waals surface area contributed by atoms with Crippen LogP contribution in [0.25, 0.3) is 0 Å². The third-order valence-electron chi connectivity index (χ3n) is 2.05. The molecule has 2 N–H and O–H groups in total. The van der Waals surface area contributed by atoms with Gasteiger partial charge in [-0.25, -0.2) is 18.2 Å². The summed E-state index contributed by atoms with van der Waals surface area (Å²) in [6.45, 7) is 2.82. The highest BCUT2D eigenvalue weighted by molar-refractivity contribution is 7.89. The zero-order valence-electron chi connectivity index (χ0n) is 9.87. The zero-order chi connectivity index (χ0) is 13.9. The Morgan fingerprint density at radius 2 is 2.22 bits per heavy atom. The molecule has 8 nitrogen and oxygen atoms in total. The lowest BCUT2D eigenvalue weighted by molar-refractivity contribution is -0.144. The van der Waals surface area contributed by atoms with Gasteiger partial charge in [-0.1, -0.05) is 0 Å². The number of primary sulfonamides is 1. The van der Waals surface area contributed by atoms with Gasteiger partial charge in [0.1, 0.15) is 18.2 Å². The average Bonchev–Trinajstić information content (AvgIpc) is 2.53. The molecular weight excluding hydrogens is 260 g/mol. The van der Waals surface area contributed by atoms with E-state index in [2.05, 4.69) is 9.84 Å². The van der Waals surface area contributed by atoms with E-state index in [9.17, 15) is 13.2 Å². The highest BCUT2D eigenvalue weighted by atomic mass is 32.2. The van der Waals surface area contributed by atoms with Gasteiger partial charge in [0.05, 0.1) is 12.3 Å². The first-order chi connectivity index (χ1) is 8.31. The lowest BCUT2D eigenvalue weighted by Crippen LogP contribution is -2.22. The predicted octanol–water partition coefficient (Wildman–Crippen LogP) is -0.726. The number of ether oxygens (including phenoxy) is 1. The van der Waals surface area contributed by atoms with Crippen LogP contribution in [-0.4, -0.2) is 30.8 Å². The second kappa shape index (κ2) is 5.16. The first-order valence-corrected chi connectivity index (χ1v) is 6.51. The second-order valence-corrected chi connectivity index (χ2v) is 4.86. The fourth-order valence-electron chi connectivity index (χ4n) is 1.41. The number of carbonyl (C=O) groups excluding carboxylic acids is 1. The van der Waals surface area contributed by atoms with Crippen molar-refractivity contribution in [3.05, 3.63) is 11.3 Å². The summed E-state index contributed by atoms with van der Waals surface area (Å²) in [5.74, 6) is -0.658. The number of aromatic nitrogens is 2. The summed E-state index contributed by atoms with van der Waals surface area (Å²) >= 11 is 0. The molecule has 1 aromatic heterocycles. The summed E-state index contributed by atoms with van der Waals surface area (Å²) < 4.78 is 28.3. The van der Waals surface area contributed by atoms with E-state index in [1.54, 1.807) is 13.0 Å². The number of carbonyl (C=O) groups is 1. The van der Waals surface area contributed by atoms with Crippen molar-refractivity contribution in [3.8, 4) is 6.07 Å². The van der Waals surface area contributed by atoms with E-state index in [-0.39, 0.29) is 17.9 Å². The van der Waals surface area contributed by atoms with E-state index in [0.717, 1.165) is 4.68 Å². The number of nitrogens with zero attached hydrogens (tertiary/aromatic N) is 3. The highest BCUT2D eigenvalue weighted by Crippen LogP contribution is 2.17. The van der Waals surface area contributed by atoms with Crippen LogP contribution in [0.1, 0.15) is 18.2 Å². The summed E-state index contributed by atoms with van der Waals surface area (Å²) in [5.41, 5.74) is 0.0209. The first-order valence-electron chi connectivity index (χ1n) is 4.97. The van der Waals surface area contributed by atoms with Crippen LogP contribution < -0.4 is 5.14 Å². The molecule has 1 aromatic rings. The predicted molar refractivity (Wildman–Crippen MR) is 59.7 cm³/mol. The molecule has 0 saturated carbocycles. The normalized spacial score (nSPS) is 11.0. The Bertz CT molecular complexity index is 611. The number of hydrogen-bond donors (Lipinski definition) is 1. The topological polar surface area (TPSA) is 128 Å². The summed E-state index contributed by atoms with van der Waals surface area (Å²) in [7, 11) is -4.15. The number of rotatable bonds is 4. The van der Waals surface area contributed by atoms with Crippen LogP contribution in [0.2, 0.25) is 0 Å². The van der Waals surface area contributed by atoms with Crippen LogP contribution in [0, 0.1) is 18.3 Å². The molecule has 0 aliphatic carbocycles. The van der Waals surface area contributed by atoms with Crippen LogP contribution in [0.4, 0.5) is 0 Å². The molecular formula is C9H12N4O4S. The number of aryl methyl sites for hydroxylation is 1. The van der Waals surface area contributed by atoms with Gasteiger partial charge in [0.2, 0.25) is 0 Å². The molecule has 0 bridgehead atoms. The molecule has 0 spiro atoms. The molecule has 0 saturated heterocycles. The lowest BCUT2D eigenvalue weighted by atomic mass is 10.3. The van der Waals surface area contributed by atoms with E-state index in [0.29, 0.717) is 0 Å². The second-order valence-electron chi connectivity index (χ2n) is 3.39. The largest absolute Gasteiger partial charge is 0.465 e. The van der Waals surface area contributed by atoms with Crippen LogP contribution in [-0.2, 0) is 26.1 Å². The molecule has 0 aliphatic rings. The zero-order valence-corrected chi connectivity index (χ0v) is 10.7. The molecule has 0 amide bonds. The summed E-state index contributed by atoms with van der Waals surface area (Å²) in [5, 5.41) is 17.2. The highest BCUT2D eigenvalue weighted by Gasteiger charge is 2.25. The van der Waals surface area contributed by atoms with E-state index in [1.165, 1.54) is 6.92 Å². The van der Waals surface area contributed by atoms with E-state index in [4.69, 9.17) is 10.4 Å². The van der Waals surface area contributed by atoms with Gasteiger partial charge in [-0.15, -0.1) is 0 Å². The minimum absolute atomic E-state index is 0.162. The third kappa shape index (κ3) is 2.85. The Morgan fingerprint density at radius 3 is 2.67 bits per heavy atom. The molecule has 18 heavy (non-hydrogen) atoms. The third-order valence-corrected chi connectivity index (χ3v) is 3.00. The van der Waals surface area contributed by atoms with E-state index in [1.807, 2.05) is 0 Å². The smallest absolute Gasteiger partial charge is 0.327 e. The summed E-state index contributed by atoms with van der Waals surface area (Å²) in [4.78, 5) is 11.3. The fraction of sp³-hybridized carbons (Fsp3) is 0.444. The molecule has 0 unspecified atom stereocenters. The van der Waals surface area contributed by atoms with Crippen LogP contribution in [0.3, 0.4) is 0 Å². The summed E-state index contributed by atoms with van der Waals surface area (Å²) in [6, 6.07) is 1.70. The van der Waals surface area contributed by atoms with Gasteiger partial charge in [-0.3, -0.25) is 4.79 Å². The maximum absolute atomic E-state index is 11.4. The Hall–Kier alpha value is -1.92. The molecule has 98 valence electrons. The first kappa shape index (κ1) is 14.1. The van der Waals surface area contributed by atoms with E-state index >= 15 is 0 Å². The van der Waals surface area contributed by atoms with Gasteiger partial charge in [0.25, 0.3) is 10.0 Å². The molecule has 0 aromatic carbocycles. The Balaban J connectivity index is 3.30. The van der Waals surface area contributed by atoms with Crippen LogP contribution in [0.5, 0.6) is 0 Å². The van der Waals surface area contributed by atoms with Crippen molar-refractivity contribution in [2.24, 2.45) is 5.14 Å². The van der Waals surface area contributed by atoms with Crippen molar-refractivity contribution >= 4 is 16.0 Å². The van der Waals surface area contributed by atoms with Gasteiger partial charge in [-0.2, -0.15) is 10.4 Å². The molecule has 1 heterocycles. The van der Waals surface area contributed by atoms with E-state index < -0.39 is 27.6 Å². The van der Waals surface area contributed by atoms with Gasteiger partial charge in [0.15, 0.2) is 5.03 Å². The van der Waals surface area contributed by atoms with Crippen LogP contribution in [0.15, 0.2) is 5.03 Å². The molecule has 0 radical (unpaired) electrons. The standard InChI is InChI=1S/C9H12N4O4S/c1-3-17-8(14)5-13-9(18(11,15)16)7(4-10)6(2)12-13/h3,5H2,1-2H3,(H2,11,15,16). The SMILES string of the molecule is CCOC(=O)Cn1nc(C)c(C#N)c1S(N)(=O)=O. The van der Waals surface area contributed by atoms with Crippen molar-refractivity contribution in [1.82, 2.24) is 9.78 Å². The van der Waals surface area contributed by atoms with Gasteiger partial charge in [0, 0.05) is 0 Å². The maximum atomic E-state index is 11.4. The summed E-state index contributed by atoms with van der Waals surface area (Å²) in [6.07, 6.45) is 0. The number of hydrogen-bond acceptors (Lipinski definition) is 6. The van der Waals surface area contributed by atoms with Crippen molar-refractivity contribution in [3.63, 3.8) is 0 Å². The number of nitriles is 1. The number of esters is 1. The number of sulfonamides is 1. The van der Waals surface area contributed by atoms with Gasteiger partial charge >= 0.3 is 5.97 Å². The molecule has 1 rings (SSSR count). The van der Waals surface area contributed by atoms with Crippen molar-refractivity contribution in [1.29, 1.82) is 5.26 Å². The van der Waals surface area contributed by atoms with Crippen molar-refractivity contribution in [2.75, 3.05) is 6.61 Å². The molecule has 0 atom stereocenters. The van der Waals surface area contributed by atoms with Gasteiger partial charge in [-0.05, 0) is 13.8 Å². The van der Waals surface area contributed by atoms with Gasteiger partial charge < -0.3 is 4.74 Å². The maximum Gasteiger partial charge on any atom is 0.327 e. The Kier molecular flexibility index (Phi) is 4.05. The van der Waals surface area contributed by atoms with Crippen molar-refractivity contribution < 1.29 is 17.9 Å². The Morgan fingerprint density at radius 1 is 1.61 bits per heavy atom. The van der Waals surface area contributed by atoms with Crippen molar-refractivity contribution in [2.45, 2.75) is 25.4 Å². The lowest BCUT2D eigenvalue weighted by Gasteiger charge is -2.05. The minimum Gasteiger partial charge on any atom is -0.465 e. The molecule has 0 aliphatic heterocycles. The molecule has 9 heteroatoms. The molecule has 0 fully saturated rings. The minimum atomic E-state index is -4.15. The number of nitrogens with two attached hydrogens (primary N) is 1. The Labute approximate surface area is 104 Å². The van der Waals surface area contributed by atoms with Crippen LogP contribution >= 0.6 is 0 Å². The quantitative estimate of drug-likeness (QED) is 0.720. The fourth-order valence-corrected chi connectivity index (χ4v) is 2.29. The average molecular weight is 272 g/mol.